The van der Waals surface area contributed by atoms with Crippen molar-refractivity contribution in [1.29, 1.82) is 0 Å². The molecule has 0 saturated heterocycles. The fraction of sp³-hybridized carbons (Fsp3) is 0.417. The van der Waals surface area contributed by atoms with E-state index >= 15 is 0 Å². The zero-order valence-electron chi connectivity index (χ0n) is 10.8. The van der Waals surface area contributed by atoms with Gasteiger partial charge < -0.3 is 14.6 Å². The van der Waals surface area contributed by atoms with E-state index in [1.165, 1.54) is 0 Å². The number of hydrogen-bond acceptors (Lipinski definition) is 5. The Kier molecular flexibility index (Phi) is 3.57. The molecule has 6 nitrogen and oxygen atoms in total. The Morgan fingerprint density at radius 2 is 2.17 bits per heavy atom. The minimum absolute atomic E-state index is 0.0689. The molecule has 0 saturated carbocycles. The summed E-state index contributed by atoms with van der Waals surface area (Å²) in [4.78, 5) is 14.7. The van der Waals surface area contributed by atoms with Crippen molar-refractivity contribution in [2.24, 2.45) is 7.05 Å². The number of aromatic nitrogens is 4. The third kappa shape index (κ3) is 2.48. The average Bonchev–Trinajstić information content (AvgIpc) is 2.75. The summed E-state index contributed by atoms with van der Waals surface area (Å²) >= 11 is 0. The molecule has 96 valence electrons. The SMILES string of the molecule is Cc1ncc(CO)c(N(C)Cc2nccn2C)n1. The van der Waals surface area contributed by atoms with Crippen molar-refractivity contribution in [3.63, 3.8) is 0 Å². The Labute approximate surface area is 106 Å². The first-order chi connectivity index (χ1) is 8.61. The van der Waals surface area contributed by atoms with E-state index in [0.717, 1.165) is 17.2 Å². The Morgan fingerprint density at radius 3 is 2.78 bits per heavy atom. The van der Waals surface area contributed by atoms with Crippen molar-refractivity contribution >= 4 is 5.82 Å². The highest BCUT2D eigenvalue weighted by Gasteiger charge is 2.12. The van der Waals surface area contributed by atoms with E-state index in [4.69, 9.17) is 0 Å². The first-order valence-electron chi connectivity index (χ1n) is 5.72. The van der Waals surface area contributed by atoms with E-state index in [2.05, 4.69) is 15.0 Å². The van der Waals surface area contributed by atoms with Crippen LogP contribution in [0.3, 0.4) is 0 Å². The van der Waals surface area contributed by atoms with E-state index in [0.29, 0.717) is 12.4 Å². The lowest BCUT2D eigenvalue weighted by atomic mass is 10.3. The number of aryl methyl sites for hydroxylation is 2. The fourth-order valence-electron chi connectivity index (χ4n) is 1.76. The molecule has 0 atom stereocenters. The first-order valence-corrected chi connectivity index (χ1v) is 5.72. The molecule has 0 aromatic carbocycles. The summed E-state index contributed by atoms with van der Waals surface area (Å²) in [6.45, 7) is 2.40. The number of rotatable bonds is 4. The van der Waals surface area contributed by atoms with E-state index in [1.54, 1.807) is 12.4 Å². The summed E-state index contributed by atoms with van der Waals surface area (Å²) in [6, 6.07) is 0. The van der Waals surface area contributed by atoms with Gasteiger partial charge in [0.2, 0.25) is 0 Å². The molecule has 2 heterocycles. The topological polar surface area (TPSA) is 67.1 Å². The average molecular weight is 247 g/mol. The van der Waals surface area contributed by atoms with Gasteiger partial charge >= 0.3 is 0 Å². The van der Waals surface area contributed by atoms with Gasteiger partial charge in [-0.2, -0.15) is 0 Å². The maximum Gasteiger partial charge on any atom is 0.137 e. The second-order valence-corrected chi connectivity index (χ2v) is 4.23. The first kappa shape index (κ1) is 12.5. The third-order valence-electron chi connectivity index (χ3n) is 2.79. The second-order valence-electron chi connectivity index (χ2n) is 4.23. The minimum atomic E-state index is -0.0689. The summed E-state index contributed by atoms with van der Waals surface area (Å²) in [5.41, 5.74) is 0.720. The normalized spacial score (nSPS) is 10.7. The smallest absolute Gasteiger partial charge is 0.137 e. The lowest BCUT2D eigenvalue weighted by Gasteiger charge is -2.20. The van der Waals surface area contributed by atoms with Gasteiger partial charge in [0, 0.05) is 38.2 Å². The van der Waals surface area contributed by atoms with Crippen LogP contribution in [0.25, 0.3) is 0 Å². The number of anilines is 1. The van der Waals surface area contributed by atoms with Crippen LogP contribution in [0.2, 0.25) is 0 Å². The van der Waals surface area contributed by atoms with Gasteiger partial charge in [-0.05, 0) is 6.92 Å². The largest absolute Gasteiger partial charge is 0.391 e. The lowest BCUT2D eigenvalue weighted by molar-refractivity contribution is 0.281. The Hall–Kier alpha value is -1.95. The van der Waals surface area contributed by atoms with E-state index in [9.17, 15) is 5.11 Å². The van der Waals surface area contributed by atoms with Gasteiger partial charge in [0.05, 0.1) is 13.2 Å². The fourth-order valence-corrected chi connectivity index (χ4v) is 1.76. The molecular weight excluding hydrogens is 230 g/mol. The summed E-state index contributed by atoms with van der Waals surface area (Å²) in [5.74, 6) is 2.37. The summed E-state index contributed by atoms with van der Waals surface area (Å²) < 4.78 is 1.96. The van der Waals surface area contributed by atoms with Gasteiger partial charge in [-0.15, -0.1) is 0 Å². The molecule has 0 fully saturated rings. The van der Waals surface area contributed by atoms with Gasteiger partial charge in [-0.3, -0.25) is 0 Å². The van der Waals surface area contributed by atoms with Gasteiger partial charge in [-0.25, -0.2) is 15.0 Å². The Bertz CT molecular complexity index is 537. The highest BCUT2D eigenvalue weighted by Crippen LogP contribution is 2.17. The third-order valence-corrected chi connectivity index (χ3v) is 2.79. The van der Waals surface area contributed by atoms with Gasteiger partial charge in [0.15, 0.2) is 0 Å². The van der Waals surface area contributed by atoms with Crippen molar-refractivity contribution in [3.8, 4) is 0 Å². The van der Waals surface area contributed by atoms with E-state index in [-0.39, 0.29) is 6.61 Å². The van der Waals surface area contributed by atoms with Crippen LogP contribution in [0, 0.1) is 6.92 Å². The molecule has 0 aliphatic carbocycles. The molecule has 0 radical (unpaired) electrons. The van der Waals surface area contributed by atoms with Crippen molar-refractivity contribution in [3.05, 3.63) is 35.8 Å². The molecule has 0 amide bonds. The standard InChI is InChI=1S/C12H17N5O/c1-9-14-6-10(8-18)12(15-9)17(3)7-11-13-4-5-16(11)2/h4-6,18H,7-8H2,1-3H3. The maximum absolute atomic E-state index is 9.31. The van der Waals surface area contributed by atoms with Crippen LogP contribution in [0.4, 0.5) is 5.82 Å². The van der Waals surface area contributed by atoms with Gasteiger partial charge in [-0.1, -0.05) is 0 Å². The van der Waals surface area contributed by atoms with Crippen molar-refractivity contribution < 1.29 is 5.11 Å². The van der Waals surface area contributed by atoms with Crippen LogP contribution in [0.1, 0.15) is 17.2 Å². The molecule has 0 unspecified atom stereocenters. The minimum Gasteiger partial charge on any atom is -0.391 e. The van der Waals surface area contributed by atoms with Crippen LogP contribution in [0.15, 0.2) is 18.6 Å². The van der Waals surface area contributed by atoms with Crippen molar-refractivity contribution in [2.45, 2.75) is 20.1 Å². The van der Waals surface area contributed by atoms with Crippen LogP contribution in [-0.4, -0.2) is 31.7 Å². The molecule has 2 aromatic rings. The second kappa shape index (κ2) is 5.14. The molecular formula is C12H17N5O. The number of hydrogen-bond donors (Lipinski definition) is 1. The van der Waals surface area contributed by atoms with Crippen LogP contribution in [-0.2, 0) is 20.2 Å². The molecule has 0 aliphatic heterocycles. The predicted molar refractivity (Wildman–Crippen MR) is 68.0 cm³/mol. The van der Waals surface area contributed by atoms with Gasteiger partial charge in [0.25, 0.3) is 0 Å². The number of aliphatic hydroxyl groups excluding tert-OH is 1. The lowest BCUT2D eigenvalue weighted by Crippen LogP contribution is -2.22. The summed E-state index contributed by atoms with van der Waals surface area (Å²) in [6.07, 6.45) is 5.33. The van der Waals surface area contributed by atoms with Crippen LogP contribution < -0.4 is 4.90 Å². The molecule has 2 rings (SSSR count). The van der Waals surface area contributed by atoms with E-state index < -0.39 is 0 Å². The molecule has 6 heteroatoms. The van der Waals surface area contributed by atoms with Crippen molar-refractivity contribution in [2.75, 3.05) is 11.9 Å². The molecule has 0 aliphatic rings. The molecule has 18 heavy (non-hydrogen) atoms. The monoisotopic (exact) mass is 247 g/mol. The van der Waals surface area contributed by atoms with Crippen LogP contribution >= 0.6 is 0 Å². The number of nitrogens with zero attached hydrogens (tertiary/aromatic N) is 5. The predicted octanol–water partition coefficient (Wildman–Crippen LogP) is 0.647. The molecule has 0 bridgehead atoms. The van der Waals surface area contributed by atoms with Crippen molar-refractivity contribution in [1.82, 2.24) is 19.5 Å². The van der Waals surface area contributed by atoms with E-state index in [1.807, 2.05) is 36.7 Å². The highest BCUT2D eigenvalue weighted by atomic mass is 16.3. The summed E-state index contributed by atoms with van der Waals surface area (Å²) in [7, 11) is 3.88. The number of imidazole rings is 1. The zero-order chi connectivity index (χ0) is 13.1. The Morgan fingerprint density at radius 1 is 1.39 bits per heavy atom. The number of aliphatic hydroxyl groups is 1. The van der Waals surface area contributed by atoms with Crippen LogP contribution in [0.5, 0.6) is 0 Å². The zero-order valence-corrected chi connectivity index (χ0v) is 10.8. The quantitative estimate of drug-likeness (QED) is 0.859. The molecule has 2 aromatic heterocycles. The molecule has 1 N–H and O–H groups in total. The van der Waals surface area contributed by atoms with Gasteiger partial charge in [0.1, 0.15) is 17.5 Å². The molecule has 0 spiro atoms. The highest BCUT2D eigenvalue weighted by molar-refractivity contribution is 5.45. The Balaban J connectivity index is 2.25. The summed E-state index contributed by atoms with van der Waals surface area (Å²) in [5, 5.41) is 9.31. The maximum atomic E-state index is 9.31.